The molecule has 2 rings (SSSR count). The molecule has 0 aromatic heterocycles. The summed E-state index contributed by atoms with van der Waals surface area (Å²) in [6.07, 6.45) is -0.124. The molecule has 0 radical (unpaired) electrons. The number of ether oxygens (including phenoxy) is 1. The maximum atomic E-state index is 9.13. The van der Waals surface area contributed by atoms with Crippen molar-refractivity contribution in [3.8, 4) is 5.75 Å². The van der Waals surface area contributed by atoms with Crippen LogP contribution in [-0.2, 0) is 0 Å². The number of aliphatic hydroxyl groups excluding tert-OH is 1. The van der Waals surface area contributed by atoms with E-state index in [9.17, 15) is 0 Å². The molecule has 0 saturated carbocycles. The molecule has 1 aromatic carbocycles. The molecule has 0 bridgehead atoms. The van der Waals surface area contributed by atoms with Crippen molar-refractivity contribution in [1.29, 1.82) is 0 Å². The van der Waals surface area contributed by atoms with E-state index in [0.717, 1.165) is 25.4 Å². The second-order valence-electron chi connectivity index (χ2n) is 4.59. The molecule has 16 heavy (non-hydrogen) atoms. The average molecular weight is 221 g/mol. The lowest BCUT2D eigenvalue weighted by atomic mass is 10.1. The lowest BCUT2D eigenvalue weighted by Gasteiger charge is -2.35. The second-order valence-corrected chi connectivity index (χ2v) is 4.59. The van der Waals surface area contributed by atoms with Gasteiger partial charge in [-0.05, 0) is 37.1 Å². The van der Waals surface area contributed by atoms with E-state index in [0.29, 0.717) is 6.61 Å². The highest BCUT2D eigenvalue weighted by molar-refractivity contribution is 5.32. The third kappa shape index (κ3) is 2.97. The number of hydrogen-bond acceptors (Lipinski definition) is 3. The average Bonchev–Trinajstić information content (AvgIpc) is 2.13. The zero-order chi connectivity index (χ0) is 11.5. The zero-order valence-electron chi connectivity index (χ0n) is 9.94. The van der Waals surface area contributed by atoms with Crippen LogP contribution < -0.4 is 4.74 Å². The Morgan fingerprint density at radius 2 is 1.88 bits per heavy atom. The number of β-amino-alcohol motifs (C(OH)–C–C–N with tert-alkyl or cyclic N) is 1. The van der Waals surface area contributed by atoms with Gasteiger partial charge in [0.1, 0.15) is 12.4 Å². The Bertz CT molecular complexity index is 339. The number of aliphatic hydroxyl groups is 1. The molecule has 0 atom stereocenters. The number of benzene rings is 1. The highest BCUT2D eigenvalue weighted by atomic mass is 16.5. The molecule has 1 saturated heterocycles. The predicted octanol–water partition coefficient (Wildman–Crippen LogP) is 1.36. The van der Waals surface area contributed by atoms with E-state index in [1.165, 1.54) is 11.1 Å². The first-order valence-corrected chi connectivity index (χ1v) is 5.75. The van der Waals surface area contributed by atoms with Crippen molar-refractivity contribution in [1.82, 2.24) is 4.90 Å². The minimum absolute atomic E-state index is 0.124. The molecule has 0 amide bonds. The van der Waals surface area contributed by atoms with Crippen molar-refractivity contribution < 1.29 is 9.84 Å². The van der Waals surface area contributed by atoms with Gasteiger partial charge in [-0.15, -0.1) is 0 Å². The lowest BCUT2D eigenvalue weighted by molar-refractivity contribution is -0.00387. The number of rotatable bonds is 4. The van der Waals surface area contributed by atoms with E-state index >= 15 is 0 Å². The zero-order valence-corrected chi connectivity index (χ0v) is 9.94. The first-order chi connectivity index (χ1) is 7.63. The first-order valence-electron chi connectivity index (χ1n) is 5.75. The van der Waals surface area contributed by atoms with Crippen molar-refractivity contribution in [2.75, 3.05) is 26.2 Å². The third-order valence-corrected chi connectivity index (χ3v) is 2.81. The van der Waals surface area contributed by atoms with Gasteiger partial charge >= 0.3 is 0 Å². The van der Waals surface area contributed by atoms with Gasteiger partial charge in [-0.3, -0.25) is 4.90 Å². The fourth-order valence-corrected chi connectivity index (χ4v) is 2.03. The summed E-state index contributed by atoms with van der Waals surface area (Å²) in [4.78, 5) is 2.19. The minimum atomic E-state index is -0.124. The summed E-state index contributed by atoms with van der Waals surface area (Å²) in [5.74, 6) is 0.943. The van der Waals surface area contributed by atoms with Crippen LogP contribution in [0.2, 0.25) is 0 Å². The maximum Gasteiger partial charge on any atom is 0.119 e. The summed E-state index contributed by atoms with van der Waals surface area (Å²) < 4.78 is 5.69. The smallest absolute Gasteiger partial charge is 0.119 e. The molecule has 1 fully saturated rings. The van der Waals surface area contributed by atoms with Crippen LogP contribution >= 0.6 is 0 Å². The Hall–Kier alpha value is -1.06. The van der Waals surface area contributed by atoms with Crippen LogP contribution in [0.4, 0.5) is 0 Å². The van der Waals surface area contributed by atoms with E-state index in [4.69, 9.17) is 9.84 Å². The predicted molar refractivity (Wildman–Crippen MR) is 63.9 cm³/mol. The fourth-order valence-electron chi connectivity index (χ4n) is 2.03. The van der Waals surface area contributed by atoms with Crippen molar-refractivity contribution in [3.05, 3.63) is 29.3 Å². The van der Waals surface area contributed by atoms with Crippen molar-refractivity contribution in [3.63, 3.8) is 0 Å². The molecule has 3 nitrogen and oxygen atoms in total. The Kier molecular flexibility index (Phi) is 3.46. The SMILES string of the molecule is Cc1cc(C)cc(OCCN2CC(O)C2)c1. The molecule has 3 heteroatoms. The Labute approximate surface area is 96.6 Å². The molecule has 0 unspecified atom stereocenters. The number of nitrogens with zero attached hydrogens (tertiary/aromatic N) is 1. The number of aryl methyl sites for hydroxylation is 2. The monoisotopic (exact) mass is 221 g/mol. The third-order valence-electron chi connectivity index (χ3n) is 2.81. The summed E-state index contributed by atoms with van der Waals surface area (Å²) in [5, 5.41) is 9.13. The van der Waals surface area contributed by atoms with Crippen LogP contribution in [0.1, 0.15) is 11.1 Å². The van der Waals surface area contributed by atoms with E-state index in [2.05, 4.69) is 36.9 Å². The van der Waals surface area contributed by atoms with Crippen LogP contribution in [-0.4, -0.2) is 42.4 Å². The van der Waals surface area contributed by atoms with E-state index in [-0.39, 0.29) is 6.10 Å². The van der Waals surface area contributed by atoms with Gasteiger partial charge in [0, 0.05) is 19.6 Å². The first kappa shape index (κ1) is 11.4. The summed E-state index contributed by atoms with van der Waals surface area (Å²) in [5.41, 5.74) is 2.46. The van der Waals surface area contributed by atoms with Crippen LogP contribution in [0.3, 0.4) is 0 Å². The van der Waals surface area contributed by atoms with Crippen LogP contribution in [0.5, 0.6) is 5.75 Å². The van der Waals surface area contributed by atoms with Crippen LogP contribution in [0, 0.1) is 13.8 Å². The summed E-state index contributed by atoms with van der Waals surface area (Å²) >= 11 is 0. The molecular weight excluding hydrogens is 202 g/mol. The summed E-state index contributed by atoms with van der Waals surface area (Å²) in [6.45, 7) is 7.31. The molecule has 1 aliphatic heterocycles. The second kappa shape index (κ2) is 4.85. The van der Waals surface area contributed by atoms with Crippen molar-refractivity contribution >= 4 is 0 Å². The number of hydrogen-bond donors (Lipinski definition) is 1. The van der Waals surface area contributed by atoms with Crippen LogP contribution in [0.15, 0.2) is 18.2 Å². The van der Waals surface area contributed by atoms with Gasteiger partial charge in [-0.25, -0.2) is 0 Å². The highest BCUT2D eigenvalue weighted by Gasteiger charge is 2.23. The Morgan fingerprint density at radius 1 is 1.25 bits per heavy atom. The Morgan fingerprint density at radius 3 is 2.44 bits per heavy atom. The molecule has 0 spiro atoms. The topological polar surface area (TPSA) is 32.7 Å². The lowest BCUT2D eigenvalue weighted by Crippen LogP contribution is -2.51. The molecule has 0 aliphatic carbocycles. The van der Waals surface area contributed by atoms with Gasteiger partial charge in [0.05, 0.1) is 6.10 Å². The van der Waals surface area contributed by atoms with Crippen LogP contribution in [0.25, 0.3) is 0 Å². The highest BCUT2D eigenvalue weighted by Crippen LogP contribution is 2.16. The van der Waals surface area contributed by atoms with Gasteiger partial charge in [0.25, 0.3) is 0 Å². The largest absolute Gasteiger partial charge is 0.492 e. The van der Waals surface area contributed by atoms with E-state index < -0.39 is 0 Å². The quantitative estimate of drug-likeness (QED) is 0.833. The van der Waals surface area contributed by atoms with E-state index in [1.807, 2.05) is 0 Å². The van der Waals surface area contributed by atoms with Gasteiger partial charge in [0.2, 0.25) is 0 Å². The molecule has 1 aliphatic rings. The van der Waals surface area contributed by atoms with Crippen molar-refractivity contribution in [2.24, 2.45) is 0 Å². The standard InChI is InChI=1S/C13H19NO2/c1-10-5-11(2)7-13(6-10)16-4-3-14-8-12(15)9-14/h5-7,12,15H,3-4,8-9H2,1-2H3. The molecule has 1 heterocycles. The van der Waals surface area contributed by atoms with Gasteiger partial charge < -0.3 is 9.84 Å². The minimum Gasteiger partial charge on any atom is -0.492 e. The summed E-state index contributed by atoms with van der Waals surface area (Å²) in [6, 6.07) is 6.24. The molecule has 88 valence electrons. The van der Waals surface area contributed by atoms with Crippen molar-refractivity contribution in [2.45, 2.75) is 20.0 Å². The number of likely N-dealkylation sites (tertiary alicyclic amines) is 1. The maximum absolute atomic E-state index is 9.13. The Balaban J connectivity index is 1.76. The fraction of sp³-hybridized carbons (Fsp3) is 0.538. The van der Waals surface area contributed by atoms with E-state index in [1.54, 1.807) is 0 Å². The van der Waals surface area contributed by atoms with Gasteiger partial charge in [-0.1, -0.05) is 6.07 Å². The molecular formula is C13H19NO2. The van der Waals surface area contributed by atoms with Gasteiger partial charge in [-0.2, -0.15) is 0 Å². The molecule has 1 N–H and O–H groups in total. The summed E-state index contributed by atoms with van der Waals surface area (Å²) in [7, 11) is 0. The molecule has 1 aromatic rings. The van der Waals surface area contributed by atoms with Gasteiger partial charge in [0.15, 0.2) is 0 Å². The normalized spacial score (nSPS) is 17.2.